The predicted octanol–water partition coefficient (Wildman–Crippen LogP) is 4.62. The van der Waals surface area contributed by atoms with Crippen LogP contribution in [0.5, 0.6) is 0 Å². The molecule has 0 aromatic heterocycles. The highest BCUT2D eigenvalue weighted by Gasteiger charge is 2.46. The van der Waals surface area contributed by atoms with Gasteiger partial charge in [-0.05, 0) is 87.4 Å². The molecule has 29 heavy (non-hydrogen) atoms. The first-order valence-electron chi connectivity index (χ1n) is 12.1. The van der Waals surface area contributed by atoms with Gasteiger partial charge in [0.25, 0.3) is 5.91 Å². The molecule has 4 fully saturated rings. The van der Waals surface area contributed by atoms with Gasteiger partial charge >= 0.3 is 0 Å². The van der Waals surface area contributed by atoms with E-state index < -0.39 is 0 Å². The van der Waals surface area contributed by atoms with Gasteiger partial charge in [0.05, 0.1) is 0 Å². The fourth-order valence-electron chi connectivity index (χ4n) is 7.41. The van der Waals surface area contributed by atoms with Gasteiger partial charge in [-0.15, -0.1) is 0 Å². The molecule has 2 bridgehead atoms. The van der Waals surface area contributed by atoms with Crippen LogP contribution in [0.4, 0.5) is 0 Å². The number of piperidine rings is 1. The van der Waals surface area contributed by atoms with Crippen LogP contribution in [0.3, 0.4) is 0 Å². The fraction of sp³-hybridized carbons (Fsp3) is 0.654. The van der Waals surface area contributed by atoms with E-state index in [4.69, 9.17) is 0 Å². The standard InChI is InChI=1S/C26H34N2O/c29-25(28-13-3-4-14-28)22-9-10-26(23-6-2-1-5-21(22)23)11-15-27(16-12-26)24-18-19-7-8-20(24)17-19/h1-2,5-6,9,19-20,24H,3-4,7-8,10-18H2. The number of fused-ring (bicyclic) bond motifs is 4. The van der Waals surface area contributed by atoms with E-state index in [-0.39, 0.29) is 11.3 Å². The molecule has 5 aliphatic rings. The van der Waals surface area contributed by atoms with E-state index in [0.29, 0.717) is 0 Å². The Hall–Kier alpha value is -1.61. The summed E-state index contributed by atoms with van der Waals surface area (Å²) in [4.78, 5) is 18.1. The van der Waals surface area contributed by atoms with Crippen LogP contribution in [0.15, 0.2) is 30.3 Å². The third-order valence-electron chi connectivity index (χ3n) is 9.03. The molecule has 1 aromatic rings. The maximum absolute atomic E-state index is 13.2. The van der Waals surface area contributed by atoms with Crippen molar-refractivity contribution in [2.75, 3.05) is 26.2 Å². The van der Waals surface area contributed by atoms with Crippen LogP contribution in [-0.4, -0.2) is 47.9 Å². The topological polar surface area (TPSA) is 23.6 Å². The largest absolute Gasteiger partial charge is 0.339 e. The second-order valence-electron chi connectivity index (χ2n) is 10.4. The summed E-state index contributed by atoms with van der Waals surface area (Å²) in [6.45, 7) is 4.35. The normalized spacial score (nSPS) is 33.2. The van der Waals surface area contributed by atoms with Gasteiger partial charge in [0.1, 0.15) is 0 Å². The predicted molar refractivity (Wildman–Crippen MR) is 117 cm³/mol. The fourth-order valence-corrected chi connectivity index (χ4v) is 7.41. The molecule has 3 unspecified atom stereocenters. The summed E-state index contributed by atoms with van der Waals surface area (Å²) in [5.74, 6) is 2.28. The van der Waals surface area contributed by atoms with Crippen molar-refractivity contribution < 1.29 is 4.79 Å². The van der Waals surface area contributed by atoms with Gasteiger partial charge in [0, 0.05) is 30.1 Å². The smallest absolute Gasteiger partial charge is 0.254 e. The molecular weight excluding hydrogens is 356 g/mol. The van der Waals surface area contributed by atoms with E-state index in [1.807, 2.05) is 0 Å². The van der Waals surface area contributed by atoms with Crippen LogP contribution < -0.4 is 0 Å². The first-order valence-corrected chi connectivity index (χ1v) is 12.1. The number of rotatable bonds is 2. The van der Waals surface area contributed by atoms with Gasteiger partial charge in [-0.3, -0.25) is 4.79 Å². The second kappa shape index (κ2) is 6.97. The van der Waals surface area contributed by atoms with Gasteiger partial charge < -0.3 is 9.80 Å². The van der Waals surface area contributed by atoms with Gasteiger partial charge in [0.2, 0.25) is 0 Å². The Balaban J connectivity index is 1.23. The summed E-state index contributed by atoms with van der Waals surface area (Å²) in [5.41, 5.74) is 3.91. The number of carbonyl (C=O) groups is 1. The van der Waals surface area contributed by atoms with Crippen LogP contribution in [0.25, 0.3) is 5.57 Å². The van der Waals surface area contributed by atoms with Gasteiger partial charge in [-0.1, -0.05) is 36.8 Å². The molecule has 6 rings (SSSR count). The maximum Gasteiger partial charge on any atom is 0.254 e. The summed E-state index contributed by atoms with van der Waals surface area (Å²) < 4.78 is 0. The highest BCUT2D eigenvalue weighted by Crippen LogP contribution is 2.50. The van der Waals surface area contributed by atoms with E-state index >= 15 is 0 Å². The van der Waals surface area contributed by atoms with E-state index in [1.165, 1.54) is 62.7 Å². The molecule has 3 atom stereocenters. The highest BCUT2D eigenvalue weighted by atomic mass is 16.2. The van der Waals surface area contributed by atoms with E-state index in [0.717, 1.165) is 55.8 Å². The van der Waals surface area contributed by atoms with Crippen LogP contribution in [0.2, 0.25) is 0 Å². The number of hydrogen-bond donors (Lipinski definition) is 0. The van der Waals surface area contributed by atoms with Gasteiger partial charge in [-0.25, -0.2) is 0 Å². The number of allylic oxidation sites excluding steroid dienone is 1. The Morgan fingerprint density at radius 2 is 1.76 bits per heavy atom. The first kappa shape index (κ1) is 18.2. The molecule has 0 N–H and O–H groups in total. The minimum Gasteiger partial charge on any atom is -0.339 e. The van der Waals surface area contributed by atoms with Gasteiger partial charge in [-0.2, -0.15) is 0 Å². The summed E-state index contributed by atoms with van der Waals surface area (Å²) in [5, 5.41) is 0. The summed E-state index contributed by atoms with van der Waals surface area (Å²) in [6, 6.07) is 9.71. The quantitative estimate of drug-likeness (QED) is 0.736. The third kappa shape index (κ3) is 2.91. The van der Waals surface area contributed by atoms with E-state index in [1.54, 1.807) is 0 Å². The molecule has 2 heterocycles. The molecule has 1 spiro atoms. The zero-order valence-corrected chi connectivity index (χ0v) is 17.6. The number of hydrogen-bond acceptors (Lipinski definition) is 2. The summed E-state index contributed by atoms with van der Waals surface area (Å²) in [7, 11) is 0. The van der Waals surface area contributed by atoms with Crippen LogP contribution in [0.1, 0.15) is 68.9 Å². The lowest BCUT2D eigenvalue weighted by Crippen LogP contribution is -2.49. The monoisotopic (exact) mass is 390 g/mol. The Bertz CT molecular complexity index is 829. The zero-order chi connectivity index (χ0) is 19.4. The van der Waals surface area contributed by atoms with E-state index in [2.05, 4.69) is 40.1 Å². The molecule has 3 nitrogen and oxygen atoms in total. The third-order valence-corrected chi connectivity index (χ3v) is 9.03. The lowest BCUT2D eigenvalue weighted by atomic mass is 9.65. The summed E-state index contributed by atoms with van der Waals surface area (Å²) >= 11 is 0. The number of carbonyl (C=O) groups excluding carboxylic acids is 1. The minimum absolute atomic E-state index is 0.250. The molecule has 2 saturated heterocycles. The van der Waals surface area contributed by atoms with Crippen molar-refractivity contribution in [3.05, 3.63) is 41.5 Å². The van der Waals surface area contributed by atoms with Gasteiger partial charge in [0.15, 0.2) is 0 Å². The van der Waals surface area contributed by atoms with Crippen molar-refractivity contribution >= 4 is 11.5 Å². The lowest BCUT2D eigenvalue weighted by Gasteiger charge is -2.47. The molecule has 2 aliphatic heterocycles. The average Bonchev–Trinajstić information content (AvgIpc) is 3.53. The molecule has 154 valence electrons. The number of benzene rings is 1. The van der Waals surface area contributed by atoms with Crippen molar-refractivity contribution in [3.63, 3.8) is 0 Å². The minimum atomic E-state index is 0.250. The summed E-state index contributed by atoms with van der Waals surface area (Å²) in [6.07, 6.45) is 14.1. The Morgan fingerprint density at radius 1 is 0.966 bits per heavy atom. The van der Waals surface area contributed by atoms with Crippen molar-refractivity contribution in [2.45, 2.75) is 69.2 Å². The van der Waals surface area contributed by atoms with Crippen molar-refractivity contribution in [1.29, 1.82) is 0 Å². The number of amides is 1. The molecule has 3 heteroatoms. The molecular formula is C26H34N2O. The number of likely N-dealkylation sites (tertiary alicyclic amines) is 2. The molecule has 3 aliphatic carbocycles. The van der Waals surface area contributed by atoms with Crippen LogP contribution in [0, 0.1) is 11.8 Å². The SMILES string of the molecule is O=C(C1=CCC2(CCN(C3CC4CCC3C4)CC2)c2ccccc21)N1CCCC1. The number of nitrogens with zero attached hydrogens (tertiary/aromatic N) is 2. The van der Waals surface area contributed by atoms with Crippen LogP contribution in [-0.2, 0) is 10.2 Å². The Labute approximate surface area is 175 Å². The Morgan fingerprint density at radius 3 is 2.48 bits per heavy atom. The van der Waals surface area contributed by atoms with Crippen molar-refractivity contribution in [2.24, 2.45) is 11.8 Å². The highest BCUT2D eigenvalue weighted by molar-refractivity contribution is 6.20. The van der Waals surface area contributed by atoms with Crippen molar-refractivity contribution in [3.8, 4) is 0 Å². The molecule has 1 aromatic carbocycles. The Kier molecular flexibility index (Phi) is 4.37. The average molecular weight is 391 g/mol. The second-order valence-corrected chi connectivity index (χ2v) is 10.4. The molecule has 2 saturated carbocycles. The van der Waals surface area contributed by atoms with E-state index in [9.17, 15) is 4.79 Å². The lowest BCUT2D eigenvalue weighted by molar-refractivity contribution is -0.124. The molecule has 0 radical (unpaired) electrons. The zero-order valence-electron chi connectivity index (χ0n) is 17.6. The molecule has 1 amide bonds. The van der Waals surface area contributed by atoms with Crippen molar-refractivity contribution in [1.82, 2.24) is 9.80 Å². The first-order chi connectivity index (χ1) is 14.2. The van der Waals surface area contributed by atoms with Crippen LogP contribution >= 0.6 is 0 Å². The maximum atomic E-state index is 13.2.